The molecule has 2 N–H and O–H groups in total. The Bertz CT molecular complexity index is 1900. The van der Waals surface area contributed by atoms with Crippen molar-refractivity contribution in [3.63, 3.8) is 0 Å². The fraction of sp³-hybridized carbons (Fsp3) is 0.222. The summed E-state index contributed by atoms with van der Waals surface area (Å²) in [6.07, 6.45) is 1.87. The van der Waals surface area contributed by atoms with Gasteiger partial charge in [0.05, 0.1) is 22.6 Å². The van der Waals surface area contributed by atoms with Crippen molar-refractivity contribution in [3.05, 3.63) is 130 Å². The highest BCUT2D eigenvalue weighted by Gasteiger charge is 2.44. The first-order chi connectivity index (χ1) is 21.4. The van der Waals surface area contributed by atoms with Crippen LogP contribution >= 0.6 is 0 Å². The number of aryl methyl sites for hydroxylation is 1. The van der Waals surface area contributed by atoms with Gasteiger partial charge < -0.3 is 19.9 Å². The van der Waals surface area contributed by atoms with Crippen molar-refractivity contribution >= 4 is 28.6 Å². The first-order valence-corrected chi connectivity index (χ1v) is 14.9. The van der Waals surface area contributed by atoms with Crippen molar-refractivity contribution in [1.29, 1.82) is 0 Å². The van der Waals surface area contributed by atoms with Crippen LogP contribution in [-0.4, -0.2) is 46.6 Å². The number of likely N-dealkylation sites (tertiary alicyclic amines) is 1. The molecule has 0 bridgehead atoms. The molecule has 2 amide bonds. The van der Waals surface area contributed by atoms with Gasteiger partial charge in [0.15, 0.2) is 0 Å². The van der Waals surface area contributed by atoms with Crippen molar-refractivity contribution in [2.45, 2.75) is 31.1 Å². The Morgan fingerprint density at radius 3 is 2.27 bits per heavy atom. The summed E-state index contributed by atoms with van der Waals surface area (Å²) in [7, 11) is 0. The third-order valence-corrected chi connectivity index (χ3v) is 9.15. The van der Waals surface area contributed by atoms with Crippen molar-refractivity contribution in [2.75, 3.05) is 25.0 Å². The van der Waals surface area contributed by atoms with Gasteiger partial charge in [-0.15, -0.1) is 0 Å². The summed E-state index contributed by atoms with van der Waals surface area (Å²) in [5.41, 5.74) is 6.71. The summed E-state index contributed by atoms with van der Waals surface area (Å²) >= 11 is 0. The smallest absolute Gasteiger partial charge is 0.409 e. The monoisotopic (exact) mass is 584 g/mol. The quantitative estimate of drug-likeness (QED) is 0.258. The van der Waals surface area contributed by atoms with Gasteiger partial charge in [0.25, 0.3) is 5.56 Å². The number of carbonyl (C=O) groups excluding carboxylic acids is 2. The van der Waals surface area contributed by atoms with Gasteiger partial charge in [-0.2, -0.15) is 0 Å². The predicted octanol–water partition coefficient (Wildman–Crippen LogP) is 6.15. The molecule has 4 aromatic carbocycles. The van der Waals surface area contributed by atoms with E-state index in [4.69, 9.17) is 4.74 Å². The van der Waals surface area contributed by atoms with Crippen LogP contribution < -0.4 is 10.9 Å². The minimum atomic E-state index is -0.843. The van der Waals surface area contributed by atoms with E-state index in [2.05, 4.69) is 39.6 Å². The molecule has 5 aromatic rings. The van der Waals surface area contributed by atoms with E-state index >= 15 is 0 Å². The molecule has 1 saturated heterocycles. The van der Waals surface area contributed by atoms with Gasteiger partial charge in [0, 0.05) is 24.7 Å². The molecule has 1 fully saturated rings. The summed E-state index contributed by atoms with van der Waals surface area (Å²) in [4.78, 5) is 48.0. The van der Waals surface area contributed by atoms with Gasteiger partial charge in [0.2, 0.25) is 5.91 Å². The minimum Gasteiger partial charge on any atom is -0.448 e. The zero-order valence-corrected chi connectivity index (χ0v) is 24.4. The van der Waals surface area contributed by atoms with Gasteiger partial charge in [-0.05, 0) is 65.8 Å². The SMILES string of the molecule is Cc1ccc(C2(C(=O)Nc3ccc4c(=O)[nH]cnc4c3)CCN(C(=O)OCC3c4ccccc4-c4ccccc43)CC2)cc1. The third-order valence-electron chi connectivity index (χ3n) is 9.15. The Balaban J connectivity index is 1.08. The molecule has 2 heterocycles. The molecule has 0 unspecified atom stereocenters. The first-order valence-electron chi connectivity index (χ1n) is 14.9. The molecule has 2 aliphatic rings. The number of fused-ring (bicyclic) bond motifs is 4. The van der Waals surface area contributed by atoms with Crippen LogP contribution in [-0.2, 0) is 14.9 Å². The zero-order chi connectivity index (χ0) is 30.3. The molecule has 220 valence electrons. The van der Waals surface area contributed by atoms with Gasteiger partial charge in [0.1, 0.15) is 6.61 Å². The predicted molar refractivity (Wildman–Crippen MR) is 170 cm³/mol. The van der Waals surface area contributed by atoms with Crippen molar-refractivity contribution in [3.8, 4) is 11.1 Å². The number of amides is 2. The Hall–Kier alpha value is -5.24. The summed E-state index contributed by atoms with van der Waals surface area (Å²) < 4.78 is 5.93. The number of ether oxygens (including phenoxy) is 1. The van der Waals surface area contributed by atoms with Crippen molar-refractivity contribution in [1.82, 2.24) is 14.9 Å². The van der Waals surface area contributed by atoms with E-state index in [0.29, 0.717) is 42.5 Å². The Labute approximate surface area is 254 Å². The molecule has 8 heteroatoms. The summed E-state index contributed by atoms with van der Waals surface area (Å²) in [5, 5.41) is 3.53. The standard InChI is InChI=1S/C36H32N4O4/c1-23-10-12-24(13-11-23)36(34(42)39-25-14-15-30-32(20-25)37-22-38-33(30)41)16-18-40(19-17-36)35(43)44-21-31-28-8-4-2-6-26(28)27-7-3-5-9-29(27)31/h2-15,20,22,31H,16-19,21H2,1H3,(H,39,42)(H,37,38,41). The lowest BCUT2D eigenvalue weighted by Crippen LogP contribution is -2.51. The maximum absolute atomic E-state index is 14.1. The van der Waals surface area contributed by atoms with Crippen LogP contribution in [0.2, 0.25) is 0 Å². The number of aromatic nitrogens is 2. The second kappa shape index (κ2) is 11.1. The second-order valence-electron chi connectivity index (χ2n) is 11.7. The number of hydrogen-bond acceptors (Lipinski definition) is 5. The number of piperidine rings is 1. The average Bonchev–Trinajstić information content (AvgIpc) is 3.37. The first kappa shape index (κ1) is 27.6. The van der Waals surface area contributed by atoms with Gasteiger partial charge >= 0.3 is 6.09 Å². The molecular formula is C36H32N4O4. The van der Waals surface area contributed by atoms with E-state index in [9.17, 15) is 14.4 Å². The van der Waals surface area contributed by atoms with Crippen LogP contribution in [0.5, 0.6) is 0 Å². The zero-order valence-electron chi connectivity index (χ0n) is 24.4. The fourth-order valence-electron chi connectivity index (χ4n) is 6.67. The summed E-state index contributed by atoms with van der Waals surface area (Å²) in [6.45, 7) is 3.03. The molecule has 0 spiro atoms. The third kappa shape index (κ3) is 4.82. The van der Waals surface area contributed by atoms with Crippen LogP contribution in [0.1, 0.15) is 41.0 Å². The normalized spacial score (nSPS) is 15.4. The molecule has 0 radical (unpaired) electrons. The van der Waals surface area contributed by atoms with Crippen LogP contribution in [0.3, 0.4) is 0 Å². The average molecular weight is 585 g/mol. The number of rotatable bonds is 5. The number of carbonyl (C=O) groups is 2. The van der Waals surface area contributed by atoms with Gasteiger partial charge in [-0.1, -0.05) is 78.4 Å². The van der Waals surface area contributed by atoms with Crippen LogP contribution in [0.4, 0.5) is 10.5 Å². The maximum atomic E-state index is 14.1. The molecule has 0 atom stereocenters. The van der Waals surface area contributed by atoms with E-state index in [0.717, 1.165) is 11.1 Å². The number of hydrogen-bond donors (Lipinski definition) is 2. The largest absolute Gasteiger partial charge is 0.448 e. The molecule has 0 saturated carbocycles. The summed E-state index contributed by atoms with van der Waals surface area (Å²) in [6, 6.07) is 29.6. The van der Waals surface area contributed by atoms with Crippen LogP contribution in [0.25, 0.3) is 22.0 Å². The van der Waals surface area contributed by atoms with Gasteiger partial charge in [-0.3, -0.25) is 9.59 Å². The minimum absolute atomic E-state index is 0.0133. The fourth-order valence-corrected chi connectivity index (χ4v) is 6.67. The van der Waals surface area contributed by atoms with Crippen molar-refractivity contribution in [2.24, 2.45) is 0 Å². The van der Waals surface area contributed by atoms with Crippen molar-refractivity contribution < 1.29 is 14.3 Å². The number of benzene rings is 4. The number of nitrogens with one attached hydrogen (secondary N) is 2. The number of H-pyrrole nitrogens is 1. The van der Waals surface area contributed by atoms with Crippen LogP contribution in [0.15, 0.2) is 102 Å². The number of aromatic amines is 1. The lowest BCUT2D eigenvalue weighted by atomic mass is 9.71. The Morgan fingerprint density at radius 2 is 1.59 bits per heavy atom. The van der Waals surface area contributed by atoms with E-state index in [1.165, 1.54) is 28.6 Å². The topological polar surface area (TPSA) is 104 Å². The van der Waals surface area contributed by atoms with E-state index in [1.807, 2.05) is 55.5 Å². The molecule has 1 aliphatic heterocycles. The van der Waals surface area contributed by atoms with E-state index in [1.54, 1.807) is 23.1 Å². The second-order valence-corrected chi connectivity index (χ2v) is 11.7. The highest BCUT2D eigenvalue weighted by Crippen LogP contribution is 2.45. The lowest BCUT2D eigenvalue weighted by molar-refractivity contribution is -0.123. The molecule has 8 nitrogen and oxygen atoms in total. The maximum Gasteiger partial charge on any atom is 0.409 e. The molecule has 1 aliphatic carbocycles. The molecule has 7 rings (SSSR count). The number of nitrogens with zero attached hydrogens (tertiary/aromatic N) is 2. The molecule has 1 aromatic heterocycles. The number of anilines is 1. The molecular weight excluding hydrogens is 552 g/mol. The highest BCUT2D eigenvalue weighted by molar-refractivity contribution is 6.00. The highest BCUT2D eigenvalue weighted by atomic mass is 16.6. The lowest BCUT2D eigenvalue weighted by Gasteiger charge is -2.40. The Kier molecular flexibility index (Phi) is 6.97. The Morgan fingerprint density at radius 1 is 0.932 bits per heavy atom. The van der Waals surface area contributed by atoms with E-state index < -0.39 is 5.41 Å². The van der Waals surface area contributed by atoms with Gasteiger partial charge in [-0.25, -0.2) is 9.78 Å². The molecule has 44 heavy (non-hydrogen) atoms. The van der Waals surface area contributed by atoms with E-state index in [-0.39, 0.29) is 30.1 Å². The van der Waals surface area contributed by atoms with Crippen LogP contribution in [0, 0.1) is 6.92 Å². The summed E-state index contributed by atoms with van der Waals surface area (Å²) in [5.74, 6) is -0.168.